The smallest absolute Gasteiger partial charge is 0.280 e. The number of nitrogens with zero attached hydrogens (tertiary/aromatic N) is 3. The lowest BCUT2D eigenvalue weighted by Crippen LogP contribution is -2.23. The van der Waals surface area contributed by atoms with E-state index in [4.69, 9.17) is 17.0 Å². The van der Waals surface area contributed by atoms with E-state index in [-0.39, 0.29) is 5.56 Å². The van der Waals surface area contributed by atoms with Crippen molar-refractivity contribution in [3.8, 4) is 0 Å². The van der Waals surface area contributed by atoms with E-state index in [2.05, 4.69) is 16.5 Å². The Morgan fingerprint density at radius 1 is 1.61 bits per heavy atom. The Bertz CT molecular complexity index is 710. The van der Waals surface area contributed by atoms with Crippen LogP contribution in [-0.2, 0) is 24.9 Å². The van der Waals surface area contributed by atoms with Crippen LogP contribution in [0.1, 0.15) is 5.82 Å². The first-order chi connectivity index (χ1) is 8.60. The van der Waals surface area contributed by atoms with Gasteiger partial charge in [0.1, 0.15) is 12.4 Å². The fourth-order valence-electron chi connectivity index (χ4n) is 1.82. The average molecular weight is 266 g/mol. The maximum Gasteiger partial charge on any atom is 0.280 e. The van der Waals surface area contributed by atoms with Gasteiger partial charge in [-0.05, 0) is 12.2 Å². The van der Waals surface area contributed by atoms with Crippen LogP contribution in [0.15, 0.2) is 17.4 Å². The van der Waals surface area contributed by atoms with Crippen molar-refractivity contribution < 1.29 is 4.74 Å². The second-order valence-electron chi connectivity index (χ2n) is 3.85. The summed E-state index contributed by atoms with van der Waals surface area (Å²) in [6, 6.07) is 0. The summed E-state index contributed by atoms with van der Waals surface area (Å²) in [6.45, 7) is 4.32. The third-order valence-electron chi connectivity index (χ3n) is 2.69. The van der Waals surface area contributed by atoms with E-state index < -0.39 is 0 Å². The SMILES string of the molecule is C=CCn1c(=S)[nH]c2nc(COC)n(C)c2c1=O. The molecule has 1 N–H and O–H groups in total. The summed E-state index contributed by atoms with van der Waals surface area (Å²) in [5, 5.41) is 0. The number of allylic oxidation sites excluding steroid dienone is 1. The van der Waals surface area contributed by atoms with Crippen LogP contribution in [0.5, 0.6) is 0 Å². The van der Waals surface area contributed by atoms with E-state index in [0.29, 0.717) is 34.9 Å². The molecule has 18 heavy (non-hydrogen) atoms. The van der Waals surface area contributed by atoms with Crippen LogP contribution < -0.4 is 5.56 Å². The molecular weight excluding hydrogens is 252 g/mol. The summed E-state index contributed by atoms with van der Waals surface area (Å²) in [7, 11) is 3.36. The number of aromatic nitrogens is 4. The van der Waals surface area contributed by atoms with Gasteiger partial charge < -0.3 is 14.3 Å². The molecule has 0 fully saturated rings. The highest BCUT2D eigenvalue weighted by atomic mass is 32.1. The van der Waals surface area contributed by atoms with Crippen LogP contribution in [0.4, 0.5) is 0 Å². The predicted octanol–water partition coefficient (Wildman–Crippen LogP) is 1.12. The molecule has 2 rings (SSSR count). The molecule has 0 aliphatic carbocycles. The van der Waals surface area contributed by atoms with Crippen molar-refractivity contribution >= 4 is 23.4 Å². The molecule has 96 valence electrons. The number of rotatable bonds is 4. The minimum absolute atomic E-state index is 0.175. The lowest BCUT2D eigenvalue weighted by atomic mass is 10.5. The molecule has 0 aromatic carbocycles. The van der Waals surface area contributed by atoms with Gasteiger partial charge in [0.2, 0.25) is 0 Å². The van der Waals surface area contributed by atoms with Crippen molar-refractivity contribution in [2.45, 2.75) is 13.2 Å². The lowest BCUT2D eigenvalue weighted by Gasteiger charge is -2.03. The molecule has 6 nitrogen and oxygen atoms in total. The van der Waals surface area contributed by atoms with Gasteiger partial charge in [0.05, 0.1) is 0 Å². The highest BCUT2D eigenvalue weighted by Crippen LogP contribution is 2.09. The molecule has 0 saturated heterocycles. The Balaban J connectivity index is 2.80. The van der Waals surface area contributed by atoms with Gasteiger partial charge in [-0.3, -0.25) is 9.36 Å². The predicted molar refractivity (Wildman–Crippen MR) is 71.1 cm³/mol. The standard InChI is InChI=1S/C11H14N4O2S/c1-4-5-15-10(16)8-9(13-11(15)18)12-7(6-17-3)14(8)2/h4H,1,5-6H2,2-3H3,(H,13,18). The van der Waals surface area contributed by atoms with Crippen LogP contribution in [0.2, 0.25) is 0 Å². The first kappa shape index (κ1) is 12.7. The van der Waals surface area contributed by atoms with Crippen LogP contribution >= 0.6 is 12.2 Å². The molecule has 0 spiro atoms. The first-order valence-electron chi connectivity index (χ1n) is 5.38. The number of hydrogen-bond donors (Lipinski definition) is 1. The fourth-order valence-corrected chi connectivity index (χ4v) is 2.07. The van der Waals surface area contributed by atoms with Gasteiger partial charge in [-0.15, -0.1) is 6.58 Å². The van der Waals surface area contributed by atoms with Gasteiger partial charge in [0.15, 0.2) is 15.9 Å². The topological polar surface area (TPSA) is 64.8 Å². The Morgan fingerprint density at radius 3 is 2.94 bits per heavy atom. The molecule has 2 aromatic heterocycles. The van der Waals surface area contributed by atoms with E-state index in [1.54, 1.807) is 24.8 Å². The number of H-pyrrole nitrogens is 1. The number of imidazole rings is 1. The van der Waals surface area contributed by atoms with Gasteiger partial charge in [-0.25, -0.2) is 4.98 Å². The number of ether oxygens (including phenoxy) is 1. The van der Waals surface area contributed by atoms with Gasteiger partial charge >= 0.3 is 0 Å². The second-order valence-corrected chi connectivity index (χ2v) is 4.24. The molecule has 0 atom stereocenters. The molecule has 2 heterocycles. The quantitative estimate of drug-likeness (QED) is 0.665. The average Bonchev–Trinajstić information content (AvgIpc) is 2.62. The molecular formula is C11H14N4O2S. The van der Waals surface area contributed by atoms with Crippen molar-refractivity contribution in [1.82, 2.24) is 19.1 Å². The fraction of sp³-hybridized carbons (Fsp3) is 0.364. The Labute approximate surface area is 109 Å². The summed E-state index contributed by atoms with van der Waals surface area (Å²) >= 11 is 5.13. The zero-order chi connectivity index (χ0) is 13.3. The normalized spacial score (nSPS) is 11.0. The van der Waals surface area contributed by atoms with Gasteiger partial charge in [0.25, 0.3) is 5.56 Å². The number of hydrogen-bond acceptors (Lipinski definition) is 4. The van der Waals surface area contributed by atoms with Gasteiger partial charge in [0, 0.05) is 20.7 Å². The van der Waals surface area contributed by atoms with Crippen LogP contribution in [0.3, 0.4) is 0 Å². The number of aryl methyl sites for hydroxylation is 1. The van der Waals surface area contributed by atoms with Gasteiger partial charge in [-0.2, -0.15) is 0 Å². The monoisotopic (exact) mass is 266 g/mol. The van der Waals surface area contributed by atoms with Crippen molar-refractivity contribution in [3.63, 3.8) is 0 Å². The largest absolute Gasteiger partial charge is 0.377 e. The molecule has 0 bridgehead atoms. The third kappa shape index (κ3) is 1.91. The zero-order valence-electron chi connectivity index (χ0n) is 10.3. The zero-order valence-corrected chi connectivity index (χ0v) is 11.1. The van der Waals surface area contributed by atoms with Crippen molar-refractivity contribution in [2.75, 3.05) is 7.11 Å². The molecule has 0 saturated carbocycles. The number of aromatic amines is 1. The maximum atomic E-state index is 12.3. The summed E-state index contributed by atoms with van der Waals surface area (Å²) in [5.41, 5.74) is 0.795. The molecule has 0 aliphatic rings. The maximum absolute atomic E-state index is 12.3. The molecule has 2 aromatic rings. The van der Waals surface area contributed by atoms with E-state index in [1.165, 1.54) is 4.57 Å². The molecule has 0 unspecified atom stereocenters. The number of fused-ring (bicyclic) bond motifs is 1. The Hall–Kier alpha value is -1.73. The summed E-state index contributed by atoms with van der Waals surface area (Å²) in [5.74, 6) is 0.673. The number of nitrogens with one attached hydrogen (secondary N) is 1. The minimum atomic E-state index is -0.175. The van der Waals surface area contributed by atoms with E-state index in [1.807, 2.05) is 0 Å². The summed E-state index contributed by atoms with van der Waals surface area (Å²) < 4.78 is 8.54. The first-order valence-corrected chi connectivity index (χ1v) is 5.79. The molecule has 0 aliphatic heterocycles. The van der Waals surface area contributed by atoms with E-state index in [0.717, 1.165) is 0 Å². The van der Waals surface area contributed by atoms with E-state index >= 15 is 0 Å². The Kier molecular flexibility index (Phi) is 3.44. The number of methoxy groups -OCH3 is 1. The van der Waals surface area contributed by atoms with Crippen molar-refractivity contribution in [1.29, 1.82) is 0 Å². The highest BCUT2D eigenvalue weighted by Gasteiger charge is 2.13. The van der Waals surface area contributed by atoms with Crippen molar-refractivity contribution in [2.24, 2.45) is 7.05 Å². The minimum Gasteiger partial charge on any atom is -0.377 e. The third-order valence-corrected chi connectivity index (χ3v) is 3.01. The van der Waals surface area contributed by atoms with Gasteiger partial charge in [-0.1, -0.05) is 6.08 Å². The van der Waals surface area contributed by atoms with Crippen LogP contribution in [-0.4, -0.2) is 26.2 Å². The van der Waals surface area contributed by atoms with E-state index in [9.17, 15) is 4.79 Å². The second kappa shape index (κ2) is 4.87. The molecule has 7 heteroatoms. The van der Waals surface area contributed by atoms with Crippen LogP contribution in [0, 0.1) is 4.77 Å². The lowest BCUT2D eigenvalue weighted by molar-refractivity contribution is 0.175. The summed E-state index contributed by atoms with van der Waals surface area (Å²) in [6.07, 6.45) is 1.63. The van der Waals surface area contributed by atoms with Crippen LogP contribution in [0.25, 0.3) is 11.2 Å². The molecule has 0 radical (unpaired) electrons. The summed E-state index contributed by atoms with van der Waals surface area (Å²) in [4.78, 5) is 19.6. The van der Waals surface area contributed by atoms with Crippen molar-refractivity contribution in [3.05, 3.63) is 33.6 Å². The Morgan fingerprint density at radius 2 is 2.33 bits per heavy atom. The molecule has 0 amide bonds. The highest BCUT2D eigenvalue weighted by molar-refractivity contribution is 7.71.